The standard InChI is InChI=1S/C20H15F3N2O3S2/c1-2-28-16(26)8-14-20(27)25(12-5-3-4-6-13(12)29-14)9-15-24-18-17(23)10(21)7-11(22)19(18)30-15/h3-7,14H,2,8-9H2,1H3. The van der Waals surface area contributed by atoms with Crippen LogP contribution in [0.2, 0.25) is 0 Å². The minimum absolute atomic E-state index is 0.0599. The smallest absolute Gasteiger partial charge is 0.307 e. The van der Waals surface area contributed by atoms with E-state index in [1.54, 1.807) is 19.1 Å². The number of aromatic nitrogens is 1. The summed E-state index contributed by atoms with van der Waals surface area (Å²) in [7, 11) is 0. The highest BCUT2D eigenvalue weighted by Gasteiger charge is 2.35. The summed E-state index contributed by atoms with van der Waals surface area (Å²) >= 11 is 2.12. The normalized spacial score (nSPS) is 16.1. The first kappa shape index (κ1) is 20.7. The van der Waals surface area contributed by atoms with Crippen molar-refractivity contribution in [2.75, 3.05) is 11.5 Å². The maximum Gasteiger partial charge on any atom is 0.307 e. The summed E-state index contributed by atoms with van der Waals surface area (Å²) in [5.41, 5.74) is 0.210. The summed E-state index contributed by atoms with van der Waals surface area (Å²) in [5, 5.41) is -0.447. The zero-order valence-corrected chi connectivity index (χ0v) is 17.3. The van der Waals surface area contributed by atoms with Crippen molar-refractivity contribution < 1.29 is 27.5 Å². The number of hydrogen-bond donors (Lipinski definition) is 0. The van der Waals surface area contributed by atoms with Crippen molar-refractivity contribution in [3.05, 3.63) is 52.8 Å². The van der Waals surface area contributed by atoms with Crippen LogP contribution in [0.4, 0.5) is 18.9 Å². The summed E-state index contributed by atoms with van der Waals surface area (Å²) in [5.74, 6) is -4.27. The van der Waals surface area contributed by atoms with Crippen molar-refractivity contribution in [1.29, 1.82) is 0 Å². The van der Waals surface area contributed by atoms with E-state index in [0.29, 0.717) is 11.8 Å². The van der Waals surface area contributed by atoms with Crippen LogP contribution >= 0.6 is 23.1 Å². The van der Waals surface area contributed by atoms with Gasteiger partial charge in [0.1, 0.15) is 16.3 Å². The van der Waals surface area contributed by atoms with Crippen molar-refractivity contribution in [2.45, 2.75) is 30.0 Å². The number of halogens is 3. The molecule has 1 atom stereocenters. The fourth-order valence-electron chi connectivity index (χ4n) is 3.17. The van der Waals surface area contributed by atoms with Crippen LogP contribution in [-0.2, 0) is 20.9 Å². The fourth-order valence-corrected chi connectivity index (χ4v) is 5.34. The Balaban J connectivity index is 1.69. The van der Waals surface area contributed by atoms with Crippen LogP contribution in [0.15, 0.2) is 35.2 Å². The van der Waals surface area contributed by atoms with Gasteiger partial charge in [0, 0.05) is 11.0 Å². The van der Waals surface area contributed by atoms with E-state index in [9.17, 15) is 22.8 Å². The molecule has 1 aliphatic heterocycles. The van der Waals surface area contributed by atoms with Crippen molar-refractivity contribution >= 4 is 50.9 Å². The maximum atomic E-state index is 14.0. The van der Waals surface area contributed by atoms with Crippen molar-refractivity contribution in [3.8, 4) is 0 Å². The summed E-state index contributed by atoms with van der Waals surface area (Å²) in [4.78, 5) is 31.3. The molecule has 0 aliphatic carbocycles. The van der Waals surface area contributed by atoms with Crippen LogP contribution < -0.4 is 4.90 Å². The topological polar surface area (TPSA) is 59.5 Å². The van der Waals surface area contributed by atoms with Crippen molar-refractivity contribution in [3.63, 3.8) is 0 Å². The highest BCUT2D eigenvalue weighted by Crippen LogP contribution is 2.41. The maximum absolute atomic E-state index is 14.0. The third kappa shape index (κ3) is 3.77. The van der Waals surface area contributed by atoms with Gasteiger partial charge in [-0.2, -0.15) is 0 Å². The molecule has 0 radical (unpaired) electrons. The number of rotatable bonds is 5. The Bertz CT molecular complexity index is 1150. The van der Waals surface area contributed by atoms with Gasteiger partial charge >= 0.3 is 5.97 Å². The van der Waals surface area contributed by atoms with Crippen LogP contribution in [0.1, 0.15) is 18.4 Å². The Labute approximate surface area is 177 Å². The van der Waals surface area contributed by atoms with E-state index in [1.165, 1.54) is 16.7 Å². The zero-order chi connectivity index (χ0) is 21.4. The molecule has 1 aliphatic rings. The quantitative estimate of drug-likeness (QED) is 0.416. The lowest BCUT2D eigenvalue weighted by atomic mass is 10.2. The van der Waals surface area contributed by atoms with Crippen LogP contribution in [0.25, 0.3) is 10.2 Å². The van der Waals surface area contributed by atoms with E-state index in [4.69, 9.17) is 4.74 Å². The molecule has 0 saturated carbocycles. The number of nitrogens with zero attached hydrogens (tertiary/aromatic N) is 2. The van der Waals surface area contributed by atoms with Gasteiger partial charge in [0.2, 0.25) is 5.91 Å². The molecule has 0 spiro atoms. The number of thioether (sulfide) groups is 1. The zero-order valence-electron chi connectivity index (χ0n) is 15.7. The van der Waals surface area contributed by atoms with E-state index in [2.05, 4.69) is 4.98 Å². The Kier molecular flexibility index (Phi) is 5.70. The molecule has 1 aromatic heterocycles. The van der Waals surface area contributed by atoms with Crippen LogP contribution in [0.3, 0.4) is 0 Å². The number of ether oxygens (including phenoxy) is 1. The third-order valence-corrected chi connectivity index (χ3v) is 6.78. The molecule has 156 valence electrons. The molecule has 2 heterocycles. The predicted molar refractivity (Wildman–Crippen MR) is 108 cm³/mol. The number of carbonyl (C=O) groups excluding carboxylic acids is 2. The molecule has 1 amide bonds. The van der Waals surface area contributed by atoms with Gasteiger partial charge in [-0.05, 0) is 19.1 Å². The third-order valence-electron chi connectivity index (χ3n) is 4.48. The predicted octanol–water partition coefficient (Wildman–Crippen LogP) is 4.67. The van der Waals surface area contributed by atoms with Crippen LogP contribution in [0, 0.1) is 17.5 Å². The van der Waals surface area contributed by atoms with E-state index in [0.717, 1.165) is 16.2 Å². The monoisotopic (exact) mass is 452 g/mol. The van der Waals surface area contributed by atoms with Gasteiger partial charge in [-0.15, -0.1) is 23.1 Å². The Morgan fingerprint density at radius 3 is 2.77 bits per heavy atom. The number of hydrogen-bond acceptors (Lipinski definition) is 6. The molecule has 0 saturated heterocycles. The first-order chi connectivity index (χ1) is 14.4. The van der Waals surface area contributed by atoms with E-state index in [-0.39, 0.29) is 35.2 Å². The molecular weight excluding hydrogens is 437 g/mol. The van der Waals surface area contributed by atoms with Crippen molar-refractivity contribution in [1.82, 2.24) is 4.98 Å². The summed E-state index contributed by atoms with van der Waals surface area (Å²) in [6.07, 6.45) is -0.101. The fraction of sp³-hybridized carbons (Fsp3) is 0.250. The molecular formula is C20H15F3N2O3S2. The summed E-state index contributed by atoms with van der Waals surface area (Å²) in [6.45, 7) is 1.84. The average molecular weight is 452 g/mol. The molecule has 4 rings (SSSR count). The van der Waals surface area contributed by atoms with E-state index < -0.39 is 34.2 Å². The van der Waals surface area contributed by atoms with Gasteiger partial charge in [0.25, 0.3) is 0 Å². The van der Waals surface area contributed by atoms with E-state index in [1.807, 2.05) is 12.1 Å². The minimum atomic E-state index is -1.32. The second kappa shape index (κ2) is 8.27. The molecule has 10 heteroatoms. The number of para-hydroxylation sites is 1. The lowest BCUT2D eigenvalue weighted by molar-refractivity contribution is -0.144. The van der Waals surface area contributed by atoms with Gasteiger partial charge in [-0.1, -0.05) is 12.1 Å². The minimum Gasteiger partial charge on any atom is -0.466 e. The summed E-state index contributed by atoms with van der Waals surface area (Å²) < 4.78 is 46.4. The van der Waals surface area contributed by atoms with Crippen LogP contribution in [-0.4, -0.2) is 28.7 Å². The van der Waals surface area contributed by atoms with Gasteiger partial charge in [0.05, 0.1) is 35.2 Å². The molecule has 1 unspecified atom stereocenters. The first-order valence-electron chi connectivity index (χ1n) is 9.04. The molecule has 5 nitrogen and oxygen atoms in total. The Morgan fingerprint density at radius 1 is 1.23 bits per heavy atom. The largest absolute Gasteiger partial charge is 0.466 e. The highest BCUT2D eigenvalue weighted by molar-refractivity contribution is 8.01. The molecule has 0 N–H and O–H groups in total. The van der Waals surface area contributed by atoms with Crippen molar-refractivity contribution in [2.24, 2.45) is 0 Å². The van der Waals surface area contributed by atoms with E-state index >= 15 is 0 Å². The second-order valence-corrected chi connectivity index (χ2v) is 8.78. The number of fused-ring (bicyclic) bond motifs is 2. The number of carbonyl (C=O) groups is 2. The van der Waals surface area contributed by atoms with Gasteiger partial charge in [0.15, 0.2) is 11.6 Å². The molecule has 2 aromatic carbocycles. The Morgan fingerprint density at radius 2 is 2.00 bits per heavy atom. The molecule has 0 fully saturated rings. The number of anilines is 1. The molecule has 0 bridgehead atoms. The Hall–Kier alpha value is -2.59. The number of esters is 1. The second-order valence-electron chi connectivity index (χ2n) is 6.45. The number of thiazole rings is 1. The first-order valence-corrected chi connectivity index (χ1v) is 10.7. The number of benzene rings is 2. The summed E-state index contributed by atoms with van der Waals surface area (Å²) in [6, 6.07) is 7.62. The average Bonchev–Trinajstić information content (AvgIpc) is 3.14. The van der Waals surface area contributed by atoms with Gasteiger partial charge in [-0.3, -0.25) is 9.59 Å². The lowest BCUT2D eigenvalue weighted by Gasteiger charge is -2.32. The van der Waals surface area contributed by atoms with Crippen LogP contribution in [0.5, 0.6) is 0 Å². The van der Waals surface area contributed by atoms with Gasteiger partial charge in [-0.25, -0.2) is 18.2 Å². The molecule has 30 heavy (non-hydrogen) atoms. The lowest BCUT2D eigenvalue weighted by Crippen LogP contribution is -2.41. The highest BCUT2D eigenvalue weighted by atomic mass is 32.2. The van der Waals surface area contributed by atoms with Gasteiger partial charge < -0.3 is 9.64 Å². The number of amides is 1. The SMILES string of the molecule is CCOC(=O)CC1Sc2ccccc2N(Cc2nc3c(F)c(F)cc(F)c3s2)C1=O. The molecule has 3 aromatic rings.